The van der Waals surface area contributed by atoms with Crippen molar-refractivity contribution in [3.05, 3.63) is 29.8 Å². The van der Waals surface area contributed by atoms with Gasteiger partial charge in [0.25, 0.3) is 0 Å². The molecule has 112 valence electrons. The summed E-state index contributed by atoms with van der Waals surface area (Å²) >= 11 is 0. The Hall–Kier alpha value is -2.08. The highest BCUT2D eigenvalue weighted by molar-refractivity contribution is 5.97. The lowest BCUT2D eigenvalue weighted by Crippen LogP contribution is -2.69. The molecule has 2 aliphatic heterocycles. The SMILES string of the molecule is COc1ccc(C[C@@H]2NC(=O)[C@@H]3CNCCN3C2=O)cc1. The molecule has 0 aromatic heterocycles. The second-order valence-corrected chi connectivity index (χ2v) is 5.36. The third-order valence-electron chi connectivity index (χ3n) is 4.04. The van der Waals surface area contributed by atoms with Gasteiger partial charge in [0.05, 0.1) is 7.11 Å². The van der Waals surface area contributed by atoms with Gasteiger partial charge in [-0.05, 0) is 17.7 Å². The fourth-order valence-corrected chi connectivity index (χ4v) is 2.87. The summed E-state index contributed by atoms with van der Waals surface area (Å²) in [7, 11) is 1.62. The van der Waals surface area contributed by atoms with Crippen molar-refractivity contribution in [1.29, 1.82) is 0 Å². The minimum absolute atomic E-state index is 0.0110. The third kappa shape index (κ3) is 2.71. The van der Waals surface area contributed by atoms with E-state index in [4.69, 9.17) is 4.74 Å². The van der Waals surface area contributed by atoms with E-state index in [9.17, 15) is 9.59 Å². The highest BCUT2D eigenvalue weighted by Gasteiger charge is 2.41. The zero-order valence-electron chi connectivity index (χ0n) is 12.0. The highest BCUT2D eigenvalue weighted by Crippen LogP contribution is 2.17. The Morgan fingerprint density at radius 1 is 1.29 bits per heavy atom. The molecule has 21 heavy (non-hydrogen) atoms. The number of benzene rings is 1. The van der Waals surface area contributed by atoms with Crippen molar-refractivity contribution >= 4 is 11.8 Å². The lowest BCUT2D eigenvalue weighted by Gasteiger charge is -2.41. The lowest BCUT2D eigenvalue weighted by molar-refractivity contribution is -0.150. The van der Waals surface area contributed by atoms with Crippen molar-refractivity contribution < 1.29 is 14.3 Å². The molecule has 0 aliphatic carbocycles. The smallest absolute Gasteiger partial charge is 0.246 e. The van der Waals surface area contributed by atoms with Crippen LogP contribution >= 0.6 is 0 Å². The maximum Gasteiger partial charge on any atom is 0.246 e. The largest absolute Gasteiger partial charge is 0.497 e. The van der Waals surface area contributed by atoms with Crippen molar-refractivity contribution in [1.82, 2.24) is 15.5 Å². The van der Waals surface area contributed by atoms with E-state index in [-0.39, 0.29) is 17.9 Å². The van der Waals surface area contributed by atoms with Crippen molar-refractivity contribution in [2.45, 2.75) is 18.5 Å². The number of carbonyl (C=O) groups excluding carboxylic acids is 2. The molecule has 1 aromatic rings. The van der Waals surface area contributed by atoms with E-state index in [1.54, 1.807) is 12.0 Å². The molecule has 3 rings (SSSR count). The first-order valence-corrected chi connectivity index (χ1v) is 7.13. The Kier molecular flexibility index (Phi) is 3.79. The highest BCUT2D eigenvalue weighted by atomic mass is 16.5. The van der Waals surface area contributed by atoms with Gasteiger partial charge in [-0.15, -0.1) is 0 Å². The van der Waals surface area contributed by atoms with E-state index < -0.39 is 6.04 Å². The molecule has 2 amide bonds. The van der Waals surface area contributed by atoms with Crippen molar-refractivity contribution in [2.75, 3.05) is 26.7 Å². The molecule has 0 spiro atoms. The van der Waals surface area contributed by atoms with Crippen LogP contribution in [0.5, 0.6) is 5.75 Å². The van der Waals surface area contributed by atoms with Gasteiger partial charge < -0.3 is 20.3 Å². The van der Waals surface area contributed by atoms with Crippen LogP contribution in [0, 0.1) is 0 Å². The number of hydrogen-bond acceptors (Lipinski definition) is 4. The quantitative estimate of drug-likeness (QED) is 0.790. The molecule has 2 fully saturated rings. The number of nitrogens with zero attached hydrogens (tertiary/aromatic N) is 1. The number of rotatable bonds is 3. The zero-order chi connectivity index (χ0) is 14.8. The molecule has 2 N–H and O–H groups in total. The van der Waals surface area contributed by atoms with Crippen molar-refractivity contribution in [3.63, 3.8) is 0 Å². The molecule has 2 saturated heterocycles. The normalized spacial score (nSPS) is 25.3. The van der Waals surface area contributed by atoms with Gasteiger partial charge in [-0.2, -0.15) is 0 Å². The van der Waals surface area contributed by atoms with Crippen LogP contribution in [0.4, 0.5) is 0 Å². The summed E-state index contributed by atoms with van der Waals surface area (Å²) < 4.78 is 5.12. The Bertz CT molecular complexity index is 544. The van der Waals surface area contributed by atoms with Crippen molar-refractivity contribution in [2.24, 2.45) is 0 Å². The number of amides is 2. The van der Waals surface area contributed by atoms with E-state index >= 15 is 0 Å². The molecule has 2 atom stereocenters. The Labute approximate surface area is 123 Å². The number of ether oxygens (including phenoxy) is 1. The Morgan fingerprint density at radius 3 is 2.76 bits per heavy atom. The van der Waals surface area contributed by atoms with Crippen LogP contribution in [0.1, 0.15) is 5.56 Å². The molecule has 0 radical (unpaired) electrons. The fraction of sp³-hybridized carbons (Fsp3) is 0.467. The Morgan fingerprint density at radius 2 is 2.05 bits per heavy atom. The molecular formula is C15H19N3O3. The summed E-state index contributed by atoms with van der Waals surface area (Å²) in [4.78, 5) is 26.3. The predicted octanol–water partition coefficient (Wildman–Crippen LogP) is -0.463. The van der Waals surface area contributed by atoms with E-state index in [1.807, 2.05) is 24.3 Å². The fourth-order valence-electron chi connectivity index (χ4n) is 2.87. The van der Waals surface area contributed by atoms with Crippen LogP contribution in [0.15, 0.2) is 24.3 Å². The van der Waals surface area contributed by atoms with E-state index in [1.165, 1.54) is 0 Å². The second kappa shape index (κ2) is 5.73. The van der Waals surface area contributed by atoms with Crippen molar-refractivity contribution in [3.8, 4) is 5.75 Å². The molecule has 0 bridgehead atoms. The first kappa shape index (κ1) is 13.9. The topological polar surface area (TPSA) is 70.7 Å². The van der Waals surface area contributed by atoms with Crippen LogP contribution in [0.2, 0.25) is 0 Å². The van der Waals surface area contributed by atoms with Gasteiger partial charge in [-0.25, -0.2) is 0 Å². The van der Waals surface area contributed by atoms with E-state index in [0.717, 1.165) is 17.9 Å². The molecule has 1 aromatic carbocycles. The van der Waals surface area contributed by atoms with Gasteiger partial charge in [0, 0.05) is 26.1 Å². The molecule has 6 nitrogen and oxygen atoms in total. The number of fused-ring (bicyclic) bond motifs is 1. The minimum atomic E-state index is -0.472. The van der Waals surface area contributed by atoms with Gasteiger partial charge in [-0.1, -0.05) is 12.1 Å². The molecular weight excluding hydrogens is 270 g/mol. The molecule has 2 aliphatic rings. The number of methoxy groups -OCH3 is 1. The summed E-state index contributed by atoms with van der Waals surface area (Å²) in [6.07, 6.45) is 0.505. The molecule has 2 heterocycles. The number of hydrogen-bond donors (Lipinski definition) is 2. The van der Waals surface area contributed by atoms with Crippen LogP contribution < -0.4 is 15.4 Å². The summed E-state index contributed by atoms with van der Waals surface area (Å²) in [6, 6.07) is 6.72. The van der Waals surface area contributed by atoms with Crippen LogP contribution in [0.3, 0.4) is 0 Å². The van der Waals surface area contributed by atoms with Gasteiger partial charge in [-0.3, -0.25) is 9.59 Å². The minimum Gasteiger partial charge on any atom is -0.497 e. The monoisotopic (exact) mass is 289 g/mol. The maximum atomic E-state index is 12.5. The maximum absolute atomic E-state index is 12.5. The number of piperazine rings is 2. The third-order valence-corrected chi connectivity index (χ3v) is 4.04. The molecule has 0 unspecified atom stereocenters. The average Bonchev–Trinajstić information content (AvgIpc) is 2.53. The van der Waals surface area contributed by atoms with Gasteiger partial charge in [0.1, 0.15) is 17.8 Å². The van der Waals surface area contributed by atoms with E-state index in [2.05, 4.69) is 10.6 Å². The summed E-state index contributed by atoms with van der Waals surface area (Å²) in [5.74, 6) is 0.720. The van der Waals surface area contributed by atoms with Crippen LogP contribution in [0.25, 0.3) is 0 Å². The average molecular weight is 289 g/mol. The number of nitrogens with one attached hydrogen (secondary N) is 2. The second-order valence-electron chi connectivity index (χ2n) is 5.36. The number of carbonyl (C=O) groups is 2. The van der Waals surface area contributed by atoms with E-state index in [0.29, 0.717) is 19.5 Å². The predicted molar refractivity (Wildman–Crippen MR) is 77.0 cm³/mol. The van der Waals surface area contributed by atoms with Gasteiger partial charge >= 0.3 is 0 Å². The van der Waals surface area contributed by atoms with Gasteiger partial charge in [0.2, 0.25) is 11.8 Å². The lowest BCUT2D eigenvalue weighted by atomic mass is 9.99. The summed E-state index contributed by atoms with van der Waals surface area (Å²) in [5, 5.41) is 5.98. The first-order valence-electron chi connectivity index (χ1n) is 7.13. The summed E-state index contributed by atoms with van der Waals surface area (Å²) in [5.41, 5.74) is 1.00. The Balaban J connectivity index is 1.72. The molecule has 6 heteroatoms. The zero-order valence-corrected chi connectivity index (χ0v) is 12.0. The first-order chi connectivity index (χ1) is 10.2. The van der Waals surface area contributed by atoms with Crippen LogP contribution in [-0.2, 0) is 16.0 Å². The summed E-state index contributed by atoms with van der Waals surface area (Å²) in [6.45, 7) is 1.87. The standard InChI is InChI=1S/C15H19N3O3/c1-21-11-4-2-10(3-5-11)8-12-15(20)18-7-6-16-9-13(18)14(19)17-12/h2-5,12-13,16H,6-9H2,1H3,(H,17,19)/t12-,13-/m0/s1. The van der Waals surface area contributed by atoms with Gasteiger partial charge in [0.15, 0.2) is 0 Å². The van der Waals surface area contributed by atoms with Crippen LogP contribution in [-0.4, -0.2) is 55.5 Å². The molecule has 0 saturated carbocycles.